The highest BCUT2D eigenvalue weighted by Crippen LogP contribution is 2.22. The summed E-state index contributed by atoms with van der Waals surface area (Å²) < 4.78 is 2.77. The average molecular weight is 308 g/mol. The van der Waals surface area contributed by atoms with E-state index < -0.39 is 0 Å². The Morgan fingerprint density at radius 2 is 2.30 bits per heavy atom. The third-order valence-electron chi connectivity index (χ3n) is 2.92. The molecule has 20 heavy (non-hydrogen) atoms. The summed E-state index contributed by atoms with van der Waals surface area (Å²) in [5, 5.41) is 6.38. The summed E-state index contributed by atoms with van der Waals surface area (Å²) in [6.45, 7) is 0.791. The topological polar surface area (TPSA) is 54.2 Å². The molecule has 0 aromatic carbocycles. The number of halogens is 1. The summed E-state index contributed by atoms with van der Waals surface area (Å²) in [5.41, 5.74) is 0.827. The fourth-order valence-electron chi connectivity index (χ4n) is 1.96. The number of aromatic nitrogens is 3. The number of fused-ring (bicyclic) bond motifs is 1. The minimum Gasteiger partial charge on any atom is -0.372 e. The zero-order valence-electron chi connectivity index (χ0n) is 10.9. The van der Waals surface area contributed by atoms with E-state index in [1.165, 1.54) is 4.88 Å². The molecular formula is C13H14ClN5S. The molecule has 0 saturated carbocycles. The van der Waals surface area contributed by atoms with Crippen LogP contribution in [0.3, 0.4) is 0 Å². The minimum absolute atomic E-state index is 0.782. The zero-order valence-corrected chi connectivity index (χ0v) is 12.5. The Hall–Kier alpha value is -1.79. The Morgan fingerprint density at radius 3 is 3.05 bits per heavy atom. The molecule has 2 N–H and O–H groups in total. The van der Waals surface area contributed by atoms with E-state index in [-0.39, 0.29) is 0 Å². The predicted octanol–water partition coefficient (Wildman–Crippen LogP) is 3.14. The predicted molar refractivity (Wildman–Crippen MR) is 84.1 cm³/mol. The second-order valence-electron chi connectivity index (χ2n) is 4.27. The summed E-state index contributed by atoms with van der Waals surface area (Å²) in [6.07, 6.45) is 6.49. The van der Waals surface area contributed by atoms with E-state index in [0.29, 0.717) is 0 Å². The van der Waals surface area contributed by atoms with E-state index in [9.17, 15) is 0 Å². The van der Waals surface area contributed by atoms with Crippen LogP contribution in [0.25, 0.3) is 5.65 Å². The van der Waals surface area contributed by atoms with Crippen molar-refractivity contribution >= 4 is 40.2 Å². The second kappa shape index (κ2) is 5.68. The average Bonchev–Trinajstić information content (AvgIpc) is 3.07. The Morgan fingerprint density at radius 1 is 1.40 bits per heavy atom. The molecule has 0 bridgehead atoms. The van der Waals surface area contributed by atoms with Crippen molar-refractivity contribution in [3.05, 3.63) is 39.9 Å². The Labute approximate surface area is 125 Å². The van der Waals surface area contributed by atoms with Crippen LogP contribution in [0.1, 0.15) is 4.88 Å². The van der Waals surface area contributed by atoms with Gasteiger partial charge in [0.15, 0.2) is 11.5 Å². The number of hydrogen-bond donors (Lipinski definition) is 2. The van der Waals surface area contributed by atoms with Gasteiger partial charge in [0.05, 0.1) is 10.5 Å². The molecule has 0 saturated heterocycles. The van der Waals surface area contributed by atoms with Gasteiger partial charge in [0.1, 0.15) is 5.82 Å². The van der Waals surface area contributed by atoms with Crippen molar-refractivity contribution in [3.63, 3.8) is 0 Å². The van der Waals surface area contributed by atoms with Crippen LogP contribution in [0.2, 0.25) is 4.34 Å². The molecule has 3 rings (SSSR count). The van der Waals surface area contributed by atoms with Gasteiger partial charge in [-0.05, 0) is 18.6 Å². The molecule has 7 heteroatoms. The van der Waals surface area contributed by atoms with E-state index in [1.54, 1.807) is 17.5 Å². The number of rotatable bonds is 5. The van der Waals surface area contributed by atoms with Crippen molar-refractivity contribution in [1.82, 2.24) is 14.4 Å². The van der Waals surface area contributed by atoms with Gasteiger partial charge in [0.2, 0.25) is 0 Å². The van der Waals surface area contributed by atoms with Gasteiger partial charge in [-0.15, -0.1) is 11.3 Å². The van der Waals surface area contributed by atoms with Crippen LogP contribution in [-0.4, -0.2) is 28.0 Å². The molecule has 104 valence electrons. The maximum absolute atomic E-state index is 5.92. The molecule has 0 radical (unpaired) electrons. The molecular weight excluding hydrogens is 294 g/mol. The van der Waals surface area contributed by atoms with Gasteiger partial charge in [-0.1, -0.05) is 11.6 Å². The summed E-state index contributed by atoms with van der Waals surface area (Å²) >= 11 is 7.53. The van der Waals surface area contributed by atoms with E-state index in [1.807, 2.05) is 29.9 Å². The molecule has 0 aliphatic carbocycles. The molecule has 0 unspecified atom stereocenters. The van der Waals surface area contributed by atoms with Crippen LogP contribution in [0, 0.1) is 0 Å². The first kappa shape index (κ1) is 13.2. The SMILES string of the molecule is CNc1cn2ccnc2c(NCCc2ccc(Cl)s2)n1. The number of anilines is 2. The minimum atomic E-state index is 0.782. The smallest absolute Gasteiger partial charge is 0.180 e. The van der Waals surface area contributed by atoms with E-state index in [0.717, 1.165) is 34.6 Å². The zero-order chi connectivity index (χ0) is 13.9. The van der Waals surface area contributed by atoms with Crippen LogP contribution in [0.15, 0.2) is 30.7 Å². The molecule has 3 aromatic rings. The van der Waals surface area contributed by atoms with Gasteiger partial charge < -0.3 is 15.0 Å². The summed E-state index contributed by atoms with van der Waals surface area (Å²) in [4.78, 5) is 10.1. The lowest BCUT2D eigenvalue weighted by Crippen LogP contribution is -2.08. The molecule has 3 heterocycles. The number of nitrogens with one attached hydrogen (secondary N) is 2. The maximum atomic E-state index is 5.92. The number of hydrogen-bond acceptors (Lipinski definition) is 5. The van der Waals surface area contributed by atoms with Crippen molar-refractivity contribution in [2.75, 3.05) is 24.2 Å². The Balaban J connectivity index is 1.74. The van der Waals surface area contributed by atoms with Crippen LogP contribution in [0.4, 0.5) is 11.6 Å². The first-order valence-corrected chi connectivity index (χ1v) is 7.45. The van der Waals surface area contributed by atoms with Crippen molar-refractivity contribution in [1.29, 1.82) is 0 Å². The highest BCUT2D eigenvalue weighted by Gasteiger charge is 2.06. The van der Waals surface area contributed by atoms with Gasteiger partial charge in [-0.3, -0.25) is 0 Å². The standard InChI is InChI=1S/C13H14ClN5S/c1-15-11-8-19-7-6-17-13(19)12(18-11)16-5-4-9-2-3-10(14)20-9/h2-3,6-8,15H,4-5H2,1H3,(H,16,18). The van der Waals surface area contributed by atoms with E-state index >= 15 is 0 Å². The number of nitrogens with zero attached hydrogens (tertiary/aromatic N) is 3. The van der Waals surface area contributed by atoms with Gasteiger partial charge in [0, 0.05) is 30.9 Å². The molecule has 3 aromatic heterocycles. The van der Waals surface area contributed by atoms with Crippen molar-refractivity contribution in [2.24, 2.45) is 0 Å². The lowest BCUT2D eigenvalue weighted by Gasteiger charge is -2.08. The van der Waals surface area contributed by atoms with Crippen LogP contribution < -0.4 is 10.6 Å². The summed E-state index contributed by atoms with van der Waals surface area (Å²) in [7, 11) is 1.85. The monoisotopic (exact) mass is 307 g/mol. The first-order chi connectivity index (χ1) is 9.76. The molecule has 0 aliphatic rings. The molecule has 0 aliphatic heterocycles. The van der Waals surface area contributed by atoms with Crippen molar-refractivity contribution < 1.29 is 0 Å². The summed E-state index contributed by atoms with van der Waals surface area (Å²) in [5.74, 6) is 1.58. The Kier molecular flexibility index (Phi) is 3.75. The third-order valence-corrected chi connectivity index (χ3v) is 4.21. The highest BCUT2D eigenvalue weighted by atomic mass is 35.5. The van der Waals surface area contributed by atoms with E-state index in [4.69, 9.17) is 11.6 Å². The lowest BCUT2D eigenvalue weighted by molar-refractivity contribution is 1.02. The van der Waals surface area contributed by atoms with Crippen LogP contribution in [-0.2, 0) is 6.42 Å². The second-order valence-corrected chi connectivity index (χ2v) is 6.07. The molecule has 5 nitrogen and oxygen atoms in total. The third kappa shape index (κ3) is 2.71. The number of thiophene rings is 1. The van der Waals surface area contributed by atoms with Gasteiger partial charge in [-0.25, -0.2) is 9.97 Å². The van der Waals surface area contributed by atoms with Gasteiger partial charge >= 0.3 is 0 Å². The quantitative estimate of drug-likeness (QED) is 0.760. The van der Waals surface area contributed by atoms with Crippen molar-refractivity contribution in [3.8, 4) is 0 Å². The fraction of sp³-hybridized carbons (Fsp3) is 0.231. The highest BCUT2D eigenvalue weighted by molar-refractivity contribution is 7.16. The fourth-order valence-corrected chi connectivity index (χ4v) is 3.05. The lowest BCUT2D eigenvalue weighted by atomic mass is 10.3. The largest absolute Gasteiger partial charge is 0.372 e. The van der Waals surface area contributed by atoms with Gasteiger partial charge in [-0.2, -0.15) is 0 Å². The van der Waals surface area contributed by atoms with Crippen LogP contribution in [0.5, 0.6) is 0 Å². The Bertz CT molecular complexity index is 720. The van der Waals surface area contributed by atoms with Crippen molar-refractivity contribution in [2.45, 2.75) is 6.42 Å². The molecule has 0 fully saturated rings. The summed E-state index contributed by atoms with van der Waals surface area (Å²) in [6, 6.07) is 3.98. The van der Waals surface area contributed by atoms with Crippen LogP contribution >= 0.6 is 22.9 Å². The molecule has 0 amide bonds. The normalized spacial score (nSPS) is 10.9. The maximum Gasteiger partial charge on any atom is 0.180 e. The van der Waals surface area contributed by atoms with E-state index in [2.05, 4.69) is 26.7 Å². The first-order valence-electron chi connectivity index (χ1n) is 6.26. The molecule has 0 atom stereocenters. The molecule has 0 spiro atoms. The number of imidazole rings is 1. The van der Waals surface area contributed by atoms with Gasteiger partial charge in [0.25, 0.3) is 0 Å².